The van der Waals surface area contributed by atoms with E-state index in [1.54, 1.807) is 0 Å². The van der Waals surface area contributed by atoms with Crippen LogP contribution in [-0.4, -0.2) is 28.5 Å². The maximum Gasteiger partial charge on any atom is 0.0794 e. The standard InChI is InChI=1S/C9H15N3O/c13-5-4-10-6-9-7-2-1-3-8(7)11-12-9/h10,13H,1-6H2,(H,11,12). The Kier molecular flexibility index (Phi) is 2.61. The normalized spacial score (nSPS) is 14.8. The molecule has 1 aliphatic carbocycles. The Labute approximate surface area is 77.4 Å². The lowest BCUT2D eigenvalue weighted by Crippen LogP contribution is -2.18. The van der Waals surface area contributed by atoms with Crippen LogP contribution in [0.25, 0.3) is 0 Å². The number of H-pyrrole nitrogens is 1. The summed E-state index contributed by atoms with van der Waals surface area (Å²) in [7, 11) is 0. The minimum Gasteiger partial charge on any atom is -0.395 e. The van der Waals surface area contributed by atoms with Crippen LogP contribution in [0.4, 0.5) is 0 Å². The van der Waals surface area contributed by atoms with Gasteiger partial charge in [0.1, 0.15) is 0 Å². The molecule has 1 aromatic heterocycles. The highest BCUT2D eigenvalue weighted by Gasteiger charge is 2.17. The van der Waals surface area contributed by atoms with Gasteiger partial charge in [0.2, 0.25) is 0 Å². The van der Waals surface area contributed by atoms with Crippen LogP contribution < -0.4 is 5.32 Å². The maximum atomic E-state index is 8.60. The number of aryl methyl sites for hydroxylation is 1. The number of aliphatic hydroxyl groups excluding tert-OH is 1. The van der Waals surface area contributed by atoms with Crippen LogP contribution in [0.5, 0.6) is 0 Å². The number of aromatic amines is 1. The van der Waals surface area contributed by atoms with Crippen LogP contribution in [0.2, 0.25) is 0 Å². The van der Waals surface area contributed by atoms with E-state index in [-0.39, 0.29) is 6.61 Å². The van der Waals surface area contributed by atoms with Gasteiger partial charge in [0.05, 0.1) is 12.3 Å². The van der Waals surface area contributed by atoms with Crippen molar-refractivity contribution in [2.75, 3.05) is 13.2 Å². The van der Waals surface area contributed by atoms with E-state index in [1.807, 2.05) is 0 Å². The molecule has 4 heteroatoms. The summed E-state index contributed by atoms with van der Waals surface area (Å²) in [4.78, 5) is 0. The Hall–Kier alpha value is -0.870. The van der Waals surface area contributed by atoms with Crippen molar-refractivity contribution in [3.8, 4) is 0 Å². The third-order valence-corrected chi connectivity index (χ3v) is 2.47. The lowest BCUT2D eigenvalue weighted by Gasteiger charge is -2.00. The Morgan fingerprint density at radius 2 is 2.38 bits per heavy atom. The van der Waals surface area contributed by atoms with Crippen LogP contribution in [0.15, 0.2) is 0 Å². The molecule has 3 N–H and O–H groups in total. The number of fused-ring (bicyclic) bond motifs is 1. The fraction of sp³-hybridized carbons (Fsp3) is 0.667. The zero-order chi connectivity index (χ0) is 9.10. The SMILES string of the molecule is OCCNCc1n[nH]c2c1CCC2. The van der Waals surface area contributed by atoms with E-state index in [0.29, 0.717) is 6.54 Å². The molecule has 72 valence electrons. The predicted molar refractivity (Wildman–Crippen MR) is 49.4 cm³/mol. The number of aromatic nitrogens is 2. The molecule has 0 amide bonds. The van der Waals surface area contributed by atoms with Gasteiger partial charge in [-0.15, -0.1) is 0 Å². The molecule has 1 heterocycles. The molecule has 1 aromatic rings. The molecule has 0 fully saturated rings. The van der Waals surface area contributed by atoms with Gasteiger partial charge in [-0.05, 0) is 24.8 Å². The van der Waals surface area contributed by atoms with E-state index >= 15 is 0 Å². The van der Waals surface area contributed by atoms with E-state index in [9.17, 15) is 0 Å². The number of hydrogen-bond acceptors (Lipinski definition) is 3. The van der Waals surface area contributed by atoms with Crippen molar-refractivity contribution in [2.45, 2.75) is 25.8 Å². The number of hydrogen-bond donors (Lipinski definition) is 3. The monoisotopic (exact) mass is 181 g/mol. The van der Waals surface area contributed by atoms with Gasteiger partial charge < -0.3 is 10.4 Å². The topological polar surface area (TPSA) is 60.9 Å². The fourth-order valence-electron chi connectivity index (χ4n) is 1.82. The van der Waals surface area contributed by atoms with Crippen molar-refractivity contribution in [1.29, 1.82) is 0 Å². The van der Waals surface area contributed by atoms with Crippen molar-refractivity contribution in [3.63, 3.8) is 0 Å². The van der Waals surface area contributed by atoms with Gasteiger partial charge in [-0.3, -0.25) is 5.10 Å². The average Bonchev–Trinajstić information content (AvgIpc) is 2.68. The molecule has 2 rings (SSSR count). The second kappa shape index (κ2) is 3.89. The molecule has 0 unspecified atom stereocenters. The molecule has 4 nitrogen and oxygen atoms in total. The Morgan fingerprint density at radius 3 is 3.23 bits per heavy atom. The van der Waals surface area contributed by atoms with E-state index in [4.69, 9.17) is 5.11 Å². The molecule has 0 saturated heterocycles. The maximum absolute atomic E-state index is 8.60. The van der Waals surface area contributed by atoms with Crippen LogP contribution in [-0.2, 0) is 19.4 Å². The fourth-order valence-corrected chi connectivity index (χ4v) is 1.82. The number of aliphatic hydroxyl groups is 1. The molecule has 0 bridgehead atoms. The first-order chi connectivity index (χ1) is 6.42. The molecule has 0 saturated carbocycles. The highest BCUT2D eigenvalue weighted by atomic mass is 16.3. The Morgan fingerprint density at radius 1 is 1.46 bits per heavy atom. The lowest BCUT2D eigenvalue weighted by molar-refractivity contribution is 0.291. The van der Waals surface area contributed by atoms with Crippen LogP contribution >= 0.6 is 0 Å². The molecule has 1 aliphatic rings. The van der Waals surface area contributed by atoms with Crippen molar-refractivity contribution < 1.29 is 5.11 Å². The second-order valence-corrected chi connectivity index (χ2v) is 3.38. The quantitative estimate of drug-likeness (QED) is 0.572. The van der Waals surface area contributed by atoms with Gasteiger partial charge in [-0.2, -0.15) is 5.10 Å². The van der Waals surface area contributed by atoms with E-state index < -0.39 is 0 Å². The largest absolute Gasteiger partial charge is 0.395 e. The summed E-state index contributed by atoms with van der Waals surface area (Å²) in [6.45, 7) is 1.60. The molecule has 0 atom stereocenters. The van der Waals surface area contributed by atoms with Crippen molar-refractivity contribution in [2.24, 2.45) is 0 Å². The van der Waals surface area contributed by atoms with Crippen molar-refractivity contribution >= 4 is 0 Å². The third-order valence-electron chi connectivity index (χ3n) is 2.47. The summed E-state index contributed by atoms with van der Waals surface area (Å²) in [6, 6.07) is 0. The van der Waals surface area contributed by atoms with E-state index in [0.717, 1.165) is 25.1 Å². The zero-order valence-corrected chi connectivity index (χ0v) is 7.64. The summed E-state index contributed by atoms with van der Waals surface area (Å²) in [5, 5.41) is 19.0. The summed E-state index contributed by atoms with van der Waals surface area (Å²) in [5.41, 5.74) is 3.83. The van der Waals surface area contributed by atoms with Crippen molar-refractivity contribution in [1.82, 2.24) is 15.5 Å². The first-order valence-corrected chi connectivity index (χ1v) is 4.78. The van der Waals surface area contributed by atoms with Gasteiger partial charge in [-0.1, -0.05) is 0 Å². The highest BCUT2D eigenvalue weighted by molar-refractivity contribution is 5.29. The molecule has 13 heavy (non-hydrogen) atoms. The highest BCUT2D eigenvalue weighted by Crippen LogP contribution is 2.22. The summed E-state index contributed by atoms with van der Waals surface area (Å²) in [6.07, 6.45) is 3.54. The van der Waals surface area contributed by atoms with Crippen LogP contribution in [0.1, 0.15) is 23.4 Å². The number of nitrogens with zero attached hydrogens (tertiary/aromatic N) is 1. The smallest absolute Gasteiger partial charge is 0.0794 e. The first kappa shape index (κ1) is 8.72. The van der Waals surface area contributed by atoms with Crippen LogP contribution in [0.3, 0.4) is 0 Å². The van der Waals surface area contributed by atoms with Gasteiger partial charge in [0.15, 0.2) is 0 Å². The van der Waals surface area contributed by atoms with Gasteiger partial charge in [0.25, 0.3) is 0 Å². The van der Waals surface area contributed by atoms with Gasteiger partial charge in [-0.25, -0.2) is 0 Å². The van der Waals surface area contributed by atoms with Crippen LogP contribution in [0, 0.1) is 0 Å². The van der Waals surface area contributed by atoms with Gasteiger partial charge >= 0.3 is 0 Å². The molecular weight excluding hydrogens is 166 g/mol. The first-order valence-electron chi connectivity index (χ1n) is 4.78. The summed E-state index contributed by atoms with van der Waals surface area (Å²) < 4.78 is 0. The summed E-state index contributed by atoms with van der Waals surface area (Å²) >= 11 is 0. The minimum absolute atomic E-state index is 0.187. The van der Waals surface area contributed by atoms with E-state index in [1.165, 1.54) is 17.7 Å². The molecule has 0 aromatic carbocycles. The molecule has 0 spiro atoms. The summed E-state index contributed by atoms with van der Waals surface area (Å²) in [5.74, 6) is 0. The minimum atomic E-state index is 0.187. The zero-order valence-electron chi connectivity index (χ0n) is 7.64. The van der Waals surface area contributed by atoms with Crippen molar-refractivity contribution in [3.05, 3.63) is 17.0 Å². The Balaban J connectivity index is 1.96. The Bertz CT molecular complexity index is 282. The molecular formula is C9H15N3O. The van der Waals surface area contributed by atoms with Gasteiger partial charge in [0, 0.05) is 18.8 Å². The second-order valence-electron chi connectivity index (χ2n) is 3.38. The third kappa shape index (κ3) is 1.73. The molecule has 0 radical (unpaired) electrons. The number of nitrogens with one attached hydrogen (secondary N) is 2. The lowest BCUT2D eigenvalue weighted by atomic mass is 10.2. The number of rotatable bonds is 4. The average molecular weight is 181 g/mol. The van der Waals surface area contributed by atoms with E-state index in [2.05, 4.69) is 15.5 Å². The predicted octanol–water partition coefficient (Wildman–Crippen LogP) is -0.0197. The molecule has 0 aliphatic heterocycles.